The molecule has 3 heterocycles. The molecule has 1 amide bonds. The zero-order chi connectivity index (χ0) is 31.2. The van der Waals surface area contributed by atoms with Gasteiger partial charge in [0.15, 0.2) is 0 Å². The molecule has 3 aromatic carbocycles. The molecule has 0 radical (unpaired) electrons. The molecule has 2 aromatic heterocycles. The largest absolute Gasteiger partial charge is 0.438 e. The highest BCUT2D eigenvalue weighted by Gasteiger charge is 2.20. The fourth-order valence-corrected chi connectivity index (χ4v) is 5.53. The fourth-order valence-electron chi connectivity index (χ4n) is 5.53. The van der Waals surface area contributed by atoms with Crippen LogP contribution in [0.25, 0.3) is 11.3 Å². The summed E-state index contributed by atoms with van der Waals surface area (Å²) in [6.45, 7) is 11.5. The van der Waals surface area contributed by atoms with Crippen LogP contribution in [0.3, 0.4) is 0 Å². The molecule has 3 N–H and O–H groups in total. The van der Waals surface area contributed by atoms with Crippen molar-refractivity contribution in [2.75, 3.05) is 48.3 Å². The van der Waals surface area contributed by atoms with E-state index in [1.54, 1.807) is 6.20 Å². The Balaban J connectivity index is 1.24. The maximum absolute atomic E-state index is 13.6. The monoisotopic (exact) mass is 602 g/mol. The van der Waals surface area contributed by atoms with Gasteiger partial charge in [-0.05, 0) is 80.4 Å². The van der Waals surface area contributed by atoms with E-state index in [2.05, 4.69) is 59.7 Å². The van der Waals surface area contributed by atoms with Crippen molar-refractivity contribution in [1.82, 2.24) is 25.1 Å². The van der Waals surface area contributed by atoms with Crippen LogP contribution in [0.1, 0.15) is 34.8 Å². The van der Waals surface area contributed by atoms with Gasteiger partial charge in [0.25, 0.3) is 5.91 Å². The normalized spacial score (nSPS) is 13.4. The van der Waals surface area contributed by atoms with E-state index >= 15 is 0 Å². The summed E-state index contributed by atoms with van der Waals surface area (Å²) in [6.07, 6.45) is 4.45. The van der Waals surface area contributed by atoms with E-state index in [1.165, 1.54) is 18.3 Å². The fraction of sp³-hybridized carbons (Fsp3) is 0.257. The molecular weight excluding hydrogens is 564 g/mol. The molecule has 10 heteroatoms. The van der Waals surface area contributed by atoms with E-state index in [4.69, 9.17) is 4.74 Å². The van der Waals surface area contributed by atoms with Crippen LogP contribution in [0, 0.1) is 13.8 Å². The molecule has 0 atom stereocenters. The van der Waals surface area contributed by atoms with E-state index in [0.29, 0.717) is 11.7 Å². The van der Waals surface area contributed by atoms with Gasteiger partial charge in [-0.15, -0.1) is 0 Å². The third kappa shape index (κ3) is 7.13. The average molecular weight is 603 g/mol. The van der Waals surface area contributed by atoms with E-state index in [-0.39, 0.29) is 17.4 Å². The highest BCUT2D eigenvalue weighted by Crippen LogP contribution is 2.30. The smallest absolute Gasteiger partial charge is 0.262 e. The number of carbonyl (C=O) groups excluding carboxylic acids is 1. The molecular formula is C35H38N8O2. The summed E-state index contributed by atoms with van der Waals surface area (Å²) >= 11 is 0. The van der Waals surface area contributed by atoms with Gasteiger partial charge in [-0.1, -0.05) is 37.3 Å². The topological polar surface area (TPSA) is 111 Å². The van der Waals surface area contributed by atoms with Crippen molar-refractivity contribution < 1.29 is 9.53 Å². The quantitative estimate of drug-likeness (QED) is 0.160. The lowest BCUT2D eigenvalue weighted by molar-refractivity contribution is 0.102. The molecule has 10 nitrogen and oxygen atoms in total. The predicted octanol–water partition coefficient (Wildman–Crippen LogP) is 6.80. The third-order valence-electron chi connectivity index (χ3n) is 7.96. The van der Waals surface area contributed by atoms with Gasteiger partial charge >= 0.3 is 0 Å². The summed E-state index contributed by atoms with van der Waals surface area (Å²) in [5, 5.41) is 13.4. The van der Waals surface area contributed by atoms with Crippen LogP contribution in [0.5, 0.6) is 11.6 Å². The predicted molar refractivity (Wildman–Crippen MR) is 179 cm³/mol. The number of hydrogen-bond donors (Lipinski definition) is 3. The zero-order valence-corrected chi connectivity index (χ0v) is 25.9. The first kappa shape index (κ1) is 29.8. The van der Waals surface area contributed by atoms with Crippen molar-refractivity contribution >= 4 is 28.9 Å². The van der Waals surface area contributed by atoms with E-state index < -0.39 is 0 Å². The van der Waals surface area contributed by atoms with Gasteiger partial charge in [0.2, 0.25) is 11.8 Å². The lowest BCUT2D eigenvalue weighted by Crippen LogP contribution is -2.46. The van der Waals surface area contributed by atoms with Crippen LogP contribution in [0.2, 0.25) is 0 Å². The minimum absolute atomic E-state index is 0.136. The number of piperazine rings is 1. The Morgan fingerprint density at radius 2 is 1.71 bits per heavy atom. The summed E-state index contributed by atoms with van der Waals surface area (Å²) in [6, 6.07) is 23.5. The van der Waals surface area contributed by atoms with Crippen molar-refractivity contribution in [2.45, 2.75) is 27.2 Å². The molecule has 1 fully saturated rings. The molecule has 0 aliphatic carbocycles. The zero-order valence-electron chi connectivity index (χ0n) is 25.9. The first-order valence-corrected chi connectivity index (χ1v) is 15.3. The number of amides is 1. The maximum Gasteiger partial charge on any atom is 0.262 e. The number of anilines is 4. The second-order valence-corrected chi connectivity index (χ2v) is 11.2. The number of H-pyrrole nitrogens is 1. The van der Waals surface area contributed by atoms with Crippen LogP contribution in [0.15, 0.2) is 85.2 Å². The highest BCUT2D eigenvalue weighted by molar-refractivity contribution is 6.06. The second kappa shape index (κ2) is 13.6. The number of ether oxygens (including phenoxy) is 1. The first-order valence-electron chi connectivity index (χ1n) is 15.3. The molecule has 230 valence electrons. The SMILES string of the molecule is CCCN1CCN(c2ccc(Nc3ncc(C(=O)Nc4c(C)cccc4C)c(Oc4cccc(-c5cc[nH]n5)c4)n3)cc2)CC1. The van der Waals surface area contributed by atoms with Crippen molar-refractivity contribution in [3.63, 3.8) is 0 Å². The first-order chi connectivity index (χ1) is 22.0. The molecule has 6 rings (SSSR count). The number of hydrogen-bond acceptors (Lipinski definition) is 8. The van der Waals surface area contributed by atoms with Gasteiger partial charge in [0.05, 0.1) is 5.69 Å². The summed E-state index contributed by atoms with van der Waals surface area (Å²) in [4.78, 5) is 27.7. The van der Waals surface area contributed by atoms with Crippen LogP contribution in [0.4, 0.5) is 23.0 Å². The summed E-state index contributed by atoms with van der Waals surface area (Å²) in [5.41, 5.74) is 6.57. The Morgan fingerprint density at radius 1 is 0.956 bits per heavy atom. The minimum Gasteiger partial charge on any atom is -0.438 e. The Bertz CT molecular complexity index is 1730. The summed E-state index contributed by atoms with van der Waals surface area (Å²) in [5.74, 6) is 0.612. The van der Waals surface area contributed by atoms with Crippen LogP contribution in [-0.4, -0.2) is 63.7 Å². The van der Waals surface area contributed by atoms with Gasteiger partial charge in [-0.3, -0.25) is 14.8 Å². The minimum atomic E-state index is -0.360. The van der Waals surface area contributed by atoms with Crippen LogP contribution < -0.4 is 20.3 Å². The second-order valence-electron chi connectivity index (χ2n) is 11.2. The molecule has 0 unspecified atom stereocenters. The van der Waals surface area contributed by atoms with Crippen molar-refractivity contribution in [2.24, 2.45) is 0 Å². The number of para-hydroxylation sites is 1. The van der Waals surface area contributed by atoms with Crippen molar-refractivity contribution in [3.8, 4) is 22.9 Å². The lowest BCUT2D eigenvalue weighted by Gasteiger charge is -2.36. The van der Waals surface area contributed by atoms with Gasteiger partial charge < -0.3 is 20.3 Å². The van der Waals surface area contributed by atoms with Crippen LogP contribution in [-0.2, 0) is 0 Å². The maximum atomic E-state index is 13.6. The Hall–Kier alpha value is -5.22. The molecule has 0 saturated carbocycles. The summed E-state index contributed by atoms with van der Waals surface area (Å²) < 4.78 is 6.27. The van der Waals surface area contributed by atoms with Gasteiger partial charge in [0.1, 0.15) is 11.3 Å². The molecule has 0 spiro atoms. The number of aromatic nitrogens is 4. The standard InChI is InChI=1S/C35H38N8O2/c1-4-17-42-18-20-43(21-19-42)28-13-11-27(12-14-28)38-35-36-23-30(33(44)39-32-24(2)7-5-8-25(32)3)34(40-35)45-29-10-6-9-26(22-29)31-15-16-37-41-31/h5-16,22-23H,4,17-21H2,1-3H3,(H,37,41)(H,39,44)(H,36,38,40). The molecule has 45 heavy (non-hydrogen) atoms. The lowest BCUT2D eigenvalue weighted by atomic mass is 10.1. The number of aromatic amines is 1. The number of nitrogens with zero attached hydrogens (tertiary/aromatic N) is 5. The van der Waals surface area contributed by atoms with Gasteiger partial charge in [0, 0.05) is 61.2 Å². The molecule has 5 aromatic rings. The van der Waals surface area contributed by atoms with Gasteiger partial charge in [-0.25, -0.2) is 4.98 Å². The highest BCUT2D eigenvalue weighted by atomic mass is 16.5. The number of aryl methyl sites for hydroxylation is 2. The summed E-state index contributed by atoms with van der Waals surface area (Å²) in [7, 11) is 0. The average Bonchev–Trinajstić information content (AvgIpc) is 3.60. The Kier molecular flexibility index (Phi) is 9.02. The number of nitrogens with one attached hydrogen (secondary N) is 3. The molecule has 1 saturated heterocycles. The number of carbonyl (C=O) groups is 1. The Morgan fingerprint density at radius 3 is 2.42 bits per heavy atom. The van der Waals surface area contributed by atoms with E-state index in [0.717, 1.165) is 66.5 Å². The third-order valence-corrected chi connectivity index (χ3v) is 7.96. The number of benzene rings is 3. The Labute approximate surface area is 263 Å². The van der Waals surface area contributed by atoms with E-state index in [9.17, 15) is 4.79 Å². The van der Waals surface area contributed by atoms with Crippen molar-refractivity contribution in [3.05, 3.63) is 102 Å². The molecule has 1 aliphatic rings. The van der Waals surface area contributed by atoms with E-state index in [1.807, 2.05) is 74.5 Å². The molecule has 1 aliphatic heterocycles. The van der Waals surface area contributed by atoms with Gasteiger partial charge in [-0.2, -0.15) is 10.1 Å². The van der Waals surface area contributed by atoms with Crippen LogP contribution >= 0.6 is 0 Å². The van der Waals surface area contributed by atoms with Crippen molar-refractivity contribution in [1.29, 1.82) is 0 Å². The number of rotatable bonds is 10. The molecule has 0 bridgehead atoms.